The maximum absolute atomic E-state index is 11.2. The van der Waals surface area contributed by atoms with E-state index in [0.717, 1.165) is 24.8 Å². The molecule has 2 aliphatic carbocycles. The Bertz CT molecular complexity index is 250. The molecular formula is C9H10O2. The quantitative estimate of drug-likeness (QED) is 0.487. The van der Waals surface area contributed by atoms with E-state index in [1.54, 1.807) is 0 Å². The van der Waals surface area contributed by atoms with Gasteiger partial charge in [0.25, 0.3) is 0 Å². The fourth-order valence-corrected chi connectivity index (χ4v) is 1.90. The first-order valence-corrected chi connectivity index (χ1v) is 4.05. The van der Waals surface area contributed by atoms with Gasteiger partial charge in [-0.15, -0.1) is 0 Å². The molecule has 2 rings (SSSR count). The molecule has 0 spiro atoms. The first kappa shape index (κ1) is 6.77. The summed E-state index contributed by atoms with van der Waals surface area (Å²) in [5.41, 5.74) is 0.807. The normalized spacial score (nSPS) is 30.2. The molecule has 1 saturated carbocycles. The standard InChI is InChI=1S/C9H10O2/c10-8-5-9(11)7-4-2-1-3-6(7)8/h3,7H,1-2,4-5H2. The molecule has 0 N–H and O–H groups in total. The molecular weight excluding hydrogens is 140 g/mol. The lowest BCUT2D eigenvalue weighted by Crippen LogP contribution is -2.11. The fourth-order valence-electron chi connectivity index (χ4n) is 1.90. The first-order chi connectivity index (χ1) is 5.29. The molecule has 0 aromatic heterocycles. The smallest absolute Gasteiger partial charge is 0.166 e. The van der Waals surface area contributed by atoms with Crippen molar-refractivity contribution in [2.75, 3.05) is 0 Å². The van der Waals surface area contributed by atoms with Crippen molar-refractivity contribution in [3.05, 3.63) is 11.6 Å². The van der Waals surface area contributed by atoms with Crippen LogP contribution in [-0.4, -0.2) is 11.6 Å². The molecule has 0 saturated heterocycles. The molecule has 2 aliphatic rings. The largest absolute Gasteiger partial charge is 0.299 e. The Hall–Kier alpha value is -0.920. The summed E-state index contributed by atoms with van der Waals surface area (Å²) in [6.45, 7) is 0. The number of ketones is 2. The summed E-state index contributed by atoms with van der Waals surface area (Å²) in [6.07, 6.45) is 5.05. The number of hydrogen-bond donors (Lipinski definition) is 0. The molecule has 0 aliphatic heterocycles. The first-order valence-electron chi connectivity index (χ1n) is 4.05. The van der Waals surface area contributed by atoms with Crippen molar-refractivity contribution in [3.8, 4) is 0 Å². The van der Waals surface area contributed by atoms with Crippen LogP contribution < -0.4 is 0 Å². The van der Waals surface area contributed by atoms with Gasteiger partial charge >= 0.3 is 0 Å². The van der Waals surface area contributed by atoms with Crippen molar-refractivity contribution in [2.24, 2.45) is 5.92 Å². The molecule has 2 nitrogen and oxygen atoms in total. The average molecular weight is 150 g/mol. The molecule has 0 aromatic carbocycles. The van der Waals surface area contributed by atoms with Crippen molar-refractivity contribution >= 4 is 11.6 Å². The number of rotatable bonds is 0. The van der Waals surface area contributed by atoms with Gasteiger partial charge in [-0.3, -0.25) is 9.59 Å². The van der Waals surface area contributed by atoms with Gasteiger partial charge in [-0.2, -0.15) is 0 Å². The van der Waals surface area contributed by atoms with Crippen LogP contribution in [0.15, 0.2) is 11.6 Å². The van der Waals surface area contributed by atoms with Gasteiger partial charge in [-0.05, 0) is 19.3 Å². The van der Waals surface area contributed by atoms with Crippen LogP contribution in [0.3, 0.4) is 0 Å². The zero-order valence-electron chi connectivity index (χ0n) is 6.30. The number of fused-ring (bicyclic) bond motifs is 1. The Kier molecular flexibility index (Phi) is 1.41. The van der Waals surface area contributed by atoms with E-state index in [4.69, 9.17) is 0 Å². The van der Waals surface area contributed by atoms with Crippen molar-refractivity contribution in [3.63, 3.8) is 0 Å². The van der Waals surface area contributed by atoms with Gasteiger partial charge in [0.05, 0.1) is 6.42 Å². The summed E-state index contributed by atoms with van der Waals surface area (Å²) in [5.74, 6) is 0.192. The lowest BCUT2D eigenvalue weighted by molar-refractivity contribution is -0.122. The van der Waals surface area contributed by atoms with Gasteiger partial charge < -0.3 is 0 Å². The summed E-state index contributed by atoms with van der Waals surface area (Å²) in [4.78, 5) is 22.3. The predicted octanol–water partition coefficient (Wildman–Crippen LogP) is 1.25. The summed E-state index contributed by atoms with van der Waals surface area (Å²) in [5, 5.41) is 0. The third-order valence-electron chi connectivity index (χ3n) is 2.48. The summed E-state index contributed by atoms with van der Waals surface area (Å²) in [6, 6.07) is 0. The zero-order chi connectivity index (χ0) is 7.84. The molecule has 11 heavy (non-hydrogen) atoms. The maximum atomic E-state index is 11.2. The van der Waals surface area contributed by atoms with E-state index in [9.17, 15) is 9.59 Å². The molecule has 0 radical (unpaired) electrons. The second-order valence-electron chi connectivity index (χ2n) is 3.21. The Morgan fingerprint density at radius 1 is 1.36 bits per heavy atom. The highest BCUT2D eigenvalue weighted by atomic mass is 16.2. The number of Topliss-reactive ketones (excluding diaryl/α,β-unsaturated/α-hetero) is 2. The number of carbonyl (C=O) groups excluding carboxylic acids is 2. The summed E-state index contributed by atoms with van der Waals surface area (Å²) in [7, 11) is 0. The van der Waals surface area contributed by atoms with Gasteiger partial charge in [0.1, 0.15) is 5.78 Å². The second kappa shape index (κ2) is 2.29. The van der Waals surface area contributed by atoms with E-state index in [1.165, 1.54) is 0 Å². The van der Waals surface area contributed by atoms with Gasteiger partial charge in [0.2, 0.25) is 0 Å². The lowest BCUT2D eigenvalue weighted by Gasteiger charge is -2.13. The molecule has 1 atom stereocenters. The maximum Gasteiger partial charge on any atom is 0.166 e. The molecule has 58 valence electrons. The van der Waals surface area contributed by atoms with E-state index in [1.807, 2.05) is 6.08 Å². The number of allylic oxidation sites excluding steroid dienone is 2. The van der Waals surface area contributed by atoms with Crippen molar-refractivity contribution in [2.45, 2.75) is 25.7 Å². The van der Waals surface area contributed by atoms with Crippen LogP contribution in [0.1, 0.15) is 25.7 Å². The highest BCUT2D eigenvalue weighted by Gasteiger charge is 2.36. The minimum Gasteiger partial charge on any atom is -0.299 e. The molecule has 0 heterocycles. The van der Waals surface area contributed by atoms with E-state index in [0.29, 0.717) is 0 Å². The van der Waals surface area contributed by atoms with Crippen molar-refractivity contribution in [1.82, 2.24) is 0 Å². The third-order valence-corrected chi connectivity index (χ3v) is 2.48. The summed E-state index contributed by atoms with van der Waals surface area (Å²) >= 11 is 0. The van der Waals surface area contributed by atoms with Crippen LogP contribution in [0.4, 0.5) is 0 Å². The summed E-state index contributed by atoms with van der Waals surface area (Å²) < 4.78 is 0. The van der Waals surface area contributed by atoms with Crippen LogP contribution >= 0.6 is 0 Å². The Labute approximate surface area is 65.3 Å². The molecule has 0 amide bonds. The molecule has 1 unspecified atom stereocenters. The number of carbonyl (C=O) groups is 2. The molecule has 1 fully saturated rings. The van der Waals surface area contributed by atoms with Crippen LogP contribution in [0, 0.1) is 5.92 Å². The van der Waals surface area contributed by atoms with Gasteiger partial charge in [-0.25, -0.2) is 0 Å². The van der Waals surface area contributed by atoms with Crippen LogP contribution in [0.25, 0.3) is 0 Å². The zero-order valence-corrected chi connectivity index (χ0v) is 6.30. The average Bonchev–Trinajstić information content (AvgIpc) is 2.30. The molecule has 0 aromatic rings. The van der Waals surface area contributed by atoms with Crippen LogP contribution in [-0.2, 0) is 9.59 Å². The highest BCUT2D eigenvalue weighted by molar-refractivity contribution is 6.18. The fraction of sp³-hybridized carbons (Fsp3) is 0.556. The Morgan fingerprint density at radius 2 is 2.18 bits per heavy atom. The minimum absolute atomic E-state index is 0.0174. The SMILES string of the molecule is O=C1CC(=O)C2CCCC=C12. The second-order valence-corrected chi connectivity index (χ2v) is 3.21. The van der Waals surface area contributed by atoms with E-state index >= 15 is 0 Å². The Morgan fingerprint density at radius 3 is 2.91 bits per heavy atom. The van der Waals surface area contributed by atoms with Gasteiger partial charge in [-0.1, -0.05) is 6.08 Å². The van der Waals surface area contributed by atoms with Gasteiger partial charge in [0.15, 0.2) is 5.78 Å². The minimum atomic E-state index is -0.0174. The third kappa shape index (κ3) is 0.934. The van der Waals surface area contributed by atoms with Crippen LogP contribution in [0.2, 0.25) is 0 Å². The van der Waals surface area contributed by atoms with E-state index in [-0.39, 0.29) is 23.9 Å². The topological polar surface area (TPSA) is 34.1 Å². The monoisotopic (exact) mass is 150 g/mol. The lowest BCUT2D eigenvalue weighted by atomic mass is 9.90. The van der Waals surface area contributed by atoms with E-state index in [2.05, 4.69) is 0 Å². The highest BCUT2D eigenvalue weighted by Crippen LogP contribution is 2.33. The number of hydrogen-bond acceptors (Lipinski definition) is 2. The Balaban J connectivity index is 2.36. The molecule has 2 heteroatoms. The van der Waals surface area contributed by atoms with Crippen LogP contribution in [0.5, 0.6) is 0 Å². The molecule has 0 bridgehead atoms. The predicted molar refractivity (Wildman–Crippen MR) is 40.1 cm³/mol. The van der Waals surface area contributed by atoms with Crippen molar-refractivity contribution < 1.29 is 9.59 Å². The van der Waals surface area contributed by atoms with E-state index < -0.39 is 0 Å². The van der Waals surface area contributed by atoms with Gasteiger partial charge in [0, 0.05) is 11.5 Å². The van der Waals surface area contributed by atoms with Crippen molar-refractivity contribution in [1.29, 1.82) is 0 Å².